The summed E-state index contributed by atoms with van der Waals surface area (Å²) in [6.07, 6.45) is 1.51. The van der Waals surface area contributed by atoms with E-state index in [0.717, 1.165) is 4.88 Å². The Hall–Kier alpha value is -2.48. The fourth-order valence-electron chi connectivity index (χ4n) is 1.47. The second kappa shape index (κ2) is 8.08. The first-order valence-corrected chi connectivity index (χ1v) is 7.05. The highest BCUT2D eigenvalue weighted by atomic mass is 32.1. The first-order valence-electron chi connectivity index (χ1n) is 6.17. The lowest BCUT2D eigenvalue weighted by Gasteiger charge is -2.07. The minimum Gasteiger partial charge on any atom is -0.435 e. The van der Waals surface area contributed by atoms with Crippen LogP contribution in [0.15, 0.2) is 46.9 Å². The molecule has 2 aromatic rings. The number of nitrogens with zero attached hydrogens (tertiary/aromatic N) is 1. The summed E-state index contributed by atoms with van der Waals surface area (Å²) in [6, 6.07) is 9.30. The number of ether oxygens (including phenoxy) is 1. The van der Waals surface area contributed by atoms with Crippen molar-refractivity contribution in [3.63, 3.8) is 0 Å². The topological polar surface area (TPSA) is 59.9 Å². The first-order chi connectivity index (χ1) is 10.6. The molecule has 0 unspecified atom stereocenters. The number of carbonyl (C=O) groups is 1. The van der Waals surface area contributed by atoms with E-state index in [9.17, 15) is 13.6 Å². The molecular weight excluding hydrogens is 314 g/mol. The molecule has 0 spiro atoms. The Bertz CT molecular complexity index is 616. The third-order valence-corrected chi connectivity index (χ3v) is 3.16. The van der Waals surface area contributed by atoms with Crippen LogP contribution in [0.3, 0.4) is 0 Å². The van der Waals surface area contributed by atoms with Crippen molar-refractivity contribution < 1.29 is 23.1 Å². The first kappa shape index (κ1) is 15.9. The minimum absolute atomic E-state index is 0.0183. The van der Waals surface area contributed by atoms with Gasteiger partial charge in [-0.2, -0.15) is 8.78 Å². The minimum atomic E-state index is -2.88. The maximum Gasteiger partial charge on any atom is 0.387 e. The van der Waals surface area contributed by atoms with Crippen molar-refractivity contribution in [1.29, 1.82) is 0 Å². The number of hydrogen-bond donors (Lipinski definition) is 1. The standard InChI is InChI=1S/C14H12F2N2O3S/c15-14(16)21-11-5-3-10(4-6-11)18-13(19)9-20-17-8-12-2-1-7-22-12/h1-8,14H,9H2,(H,18,19)/b17-8+. The molecule has 0 bridgehead atoms. The van der Waals surface area contributed by atoms with Crippen molar-refractivity contribution >= 4 is 29.1 Å². The van der Waals surface area contributed by atoms with Gasteiger partial charge >= 0.3 is 6.61 Å². The Kier molecular flexibility index (Phi) is 5.84. The average molecular weight is 326 g/mol. The fraction of sp³-hybridized carbons (Fsp3) is 0.143. The molecule has 2 rings (SSSR count). The van der Waals surface area contributed by atoms with Crippen molar-refractivity contribution in [2.75, 3.05) is 11.9 Å². The van der Waals surface area contributed by atoms with E-state index in [1.807, 2.05) is 17.5 Å². The molecule has 0 aliphatic heterocycles. The number of thiophene rings is 1. The van der Waals surface area contributed by atoms with Crippen molar-refractivity contribution in [1.82, 2.24) is 0 Å². The molecule has 116 valence electrons. The highest BCUT2D eigenvalue weighted by molar-refractivity contribution is 7.11. The van der Waals surface area contributed by atoms with E-state index in [1.165, 1.54) is 41.8 Å². The Morgan fingerprint density at radius 3 is 2.73 bits per heavy atom. The van der Waals surface area contributed by atoms with E-state index < -0.39 is 12.5 Å². The van der Waals surface area contributed by atoms with Gasteiger partial charge in [0.15, 0.2) is 6.61 Å². The number of rotatable bonds is 7. The van der Waals surface area contributed by atoms with Crippen LogP contribution < -0.4 is 10.1 Å². The van der Waals surface area contributed by atoms with Crippen LogP contribution in [0.1, 0.15) is 4.88 Å². The molecule has 0 aliphatic rings. The molecule has 0 radical (unpaired) electrons. The molecule has 1 amide bonds. The van der Waals surface area contributed by atoms with Crippen molar-refractivity contribution in [2.45, 2.75) is 6.61 Å². The number of nitrogens with one attached hydrogen (secondary N) is 1. The summed E-state index contributed by atoms with van der Waals surface area (Å²) in [4.78, 5) is 17.3. The summed E-state index contributed by atoms with van der Waals surface area (Å²) in [7, 11) is 0. The largest absolute Gasteiger partial charge is 0.435 e. The molecule has 0 aliphatic carbocycles. The van der Waals surface area contributed by atoms with Crippen molar-refractivity contribution in [2.24, 2.45) is 5.16 Å². The molecule has 0 fully saturated rings. The summed E-state index contributed by atoms with van der Waals surface area (Å²) in [5.74, 6) is -0.393. The molecule has 1 heterocycles. The summed E-state index contributed by atoms with van der Waals surface area (Å²) >= 11 is 1.49. The van der Waals surface area contributed by atoms with Crippen LogP contribution in [-0.2, 0) is 9.63 Å². The monoisotopic (exact) mass is 326 g/mol. The molecule has 1 aromatic carbocycles. The predicted molar refractivity (Wildman–Crippen MR) is 79.6 cm³/mol. The van der Waals surface area contributed by atoms with Gasteiger partial charge in [-0.15, -0.1) is 11.3 Å². The molecule has 8 heteroatoms. The van der Waals surface area contributed by atoms with Gasteiger partial charge in [0.2, 0.25) is 0 Å². The quantitative estimate of drug-likeness (QED) is 0.627. The zero-order valence-corrected chi connectivity index (χ0v) is 12.1. The lowest BCUT2D eigenvalue weighted by molar-refractivity contribution is -0.120. The predicted octanol–water partition coefficient (Wildman–Crippen LogP) is 3.34. The number of amides is 1. The summed E-state index contributed by atoms with van der Waals surface area (Å²) < 4.78 is 28.2. The third kappa shape index (κ3) is 5.49. The van der Waals surface area contributed by atoms with Crippen LogP contribution in [0.2, 0.25) is 0 Å². The van der Waals surface area contributed by atoms with Crippen LogP contribution in [0.5, 0.6) is 5.75 Å². The lowest BCUT2D eigenvalue weighted by atomic mass is 10.3. The number of benzene rings is 1. The normalized spacial score (nSPS) is 10.9. The summed E-state index contributed by atoms with van der Waals surface area (Å²) in [6.45, 7) is -3.13. The molecule has 0 saturated heterocycles. The van der Waals surface area contributed by atoms with Gasteiger partial charge in [0.05, 0.1) is 6.21 Å². The lowest BCUT2D eigenvalue weighted by Crippen LogP contribution is -2.16. The van der Waals surface area contributed by atoms with E-state index in [1.54, 1.807) is 0 Å². The second-order valence-corrected chi connectivity index (χ2v) is 4.95. The van der Waals surface area contributed by atoms with Crippen LogP contribution >= 0.6 is 11.3 Å². The fourth-order valence-corrected chi connectivity index (χ4v) is 2.04. The van der Waals surface area contributed by atoms with E-state index in [4.69, 9.17) is 4.84 Å². The van der Waals surface area contributed by atoms with Gasteiger partial charge in [-0.3, -0.25) is 4.79 Å². The zero-order chi connectivity index (χ0) is 15.8. The summed E-state index contributed by atoms with van der Waals surface area (Å²) in [5, 5.41) is 8.10. The SMILES string of the molecule is O=C(CO/N=C/c1cccs1)Nc1ccc(OC(F)F)cc1. The number of anilines is 1. The molecule has 0 saturated carbocycles. The maximum absolute atomic E-state index is 12.0. The van der Waals surface area contributed by atoms with Crippen LogP contribution in [0, 0.1) is 0 Å². The smallest absolute Gasteiger partial charge is 0.387 e. The average Bonchev–Trinajstić information content (AvgIpc) is 2.98. The Morgan fingerprint density at radius 2 is 2.09 bits per heavy atom. The second-order valence-electron chi connectivity index (χ2n) is 3.97. The van der Waals surface area contributed by atoms with Gasteiger partial charge in [-0.1, -0.05) is 11.2 Å². The van der Waals surface area contributed by atoms with Crippen LogP contribution in [-0.4, -0.2) is 25.3 Å². The molecule has 22 heavy (non-hydrogen) atoms. The van der Waals surface area contributed by atoms with E-state index in [-0.39, 0.29) is 12.4 Å². The highest BCUT2D eigenvalue weighted by Gasteiger charge is 2.05. The Labute approximate surface area is 129 Å². The van der Waals surface area contributed by atoms with Gasteiger partial charge in [-0.05, 0) is 35.7 Å². The van der Waals surface area contributed by atoms with E-state index >= 15 is 0 Å². The van der Waals surface area contributed by atoms with Gasteiger partial charge in [0.25, 0.3) is 5.91 Å². The van der Waals surface area contributed by atoms with Gasteiger partial charge in [0.1, 0.15) is 5.75 Å². The third-order valence-electron chi connectivity index (χ3n) is 2.36. The summed E-state index contributed by atoms with van der Waals surface area (Å²) in [5.41, 5.74) is 0.442. The van der Waals surface area contributed by atoms with Gasteiger partial charge in [0, 0.05) is 10.6 Å². The van der Waals surface area contributed by atoms with Crippen LogP contribution in [0.25, 0.3) is 0 Å². The highest BCUT2D eigenvalue weighted by Crippen LogP contribution is 2.17. The Morgan fingerprint density at radius 1 is 1.32 bits per heavy atom. The van der Waals surface area contributed by atoms with Crippen LogP contribution in [0.4, 0.5) is 14.5 Å². The van der Waals surface area contributed by atoms with Crippen molar-refractivity contribution in [3.8, 4) is 5.75 Å². The molecule has 1 N–H and O–H groups in total. The number of carbonyl (C=O) groups excluding carboxylic acids is 1. The number of alkyl halides is 2. The Balaban J connectivity index is 1.74. The molecule has 0 atom stereocenters. The number of halogens is 2. The number of hydrogen-bond acceptors (Lipinski definition) is 5. The van der Waals surface area contributed by atoms with Gasteiger partial charge in [-0.25, -0.2) is 0 Å². The van der Waals surface area contributed by atoms with Crippen molar-refractivity contribution in [3.05, 3.63) is 46.7 Å². The van der Waals surface area contributed by atoms with E-state index in [2.05, 4.69) is 15.2 Å². The molecular formula is C14H12F2N2O3S. The van der Waals surface area contributed by atoms with Gasteiger partial charge < -0.3 is 14.9 Å². The number of oxime groups is 1. The molecule has 1 aromatic heterocycles. The van der Waals surface area contributed by atoms with E-state index in [0.29, 0.717) is 5.69 Å². The zero-order valence-electron chi connectivity index (χ0n) is 11.2. The molecule has 5 nitrogen and oxygen atoms in total. The maximum atomic E-state index is 12.0.